The second-order valence-electron chi connectivity index (χ2n) is 7.38. The zero-order valence-corrected chi connectivity index (χ0v) is 20.3. The lowest BCUT2D eigenvalue weighted by Gasteiger charge is -2.30. The summed E-state index contributed by atoms with van der Waals surface area (Å²) in [5, 5.41) is -0.00442. The molecule has 1 aliphatic rings. The average molecular weight is 477 g/mol. The van der Waals surface area contributed by atoms with Crippen molar-refractivity contribution in [2.75, 3.05) is 31.9 Å². The van der Waals surface area contributed by atoms with Gasteiger partial charge in [-0.25, -0.2) is 8.42 Å². The Bertz CT molecular complexity index is 984. The fourth-order valence-corrected chi connectivity index (χ4v) is 6.49. The van der Waals surface area contributed by atoms with Crippen LogP contribution in [0.25, 0.3) is 0 Å². The van der Waals surface area contributed by atoms with E-state index in [4.69, 9.17) is 0 Å². The molecule has 1 aliphatic heterocycles. The molecule has 1 heterocycles. The number of hydrogen-bond donors (Lipinski definition) is 0. The summed E-state index contributed by atoms with van der Waals surface area (Å²) < 4.78 is 28.5. The summed E-state index contributed by atoms with van der Waals surface area (Å²) in [7, 11) is -3.68. The van der Waals surface area contributed by atoms with Gasteiger partial charge in [0.05, 0.1) is 4.90 Å². The second kappa shape index (κ2) is 11.3. The molecule has 2 aromatic carbocycles. The van der Waals surface area contributed by atoms with E-state index in [1.54, 1.807) is 28.2 Å². The summed E-state index contributed by atoms with van der Waals surface area (Å²) >= 11 is 2.76. The van der Waals surface area contributed by atoms with Crippen LogP contribution in [0, 0.1) is 0 Å². The maximum atomic E-state index is 13.5. The molecule has 1 atom stereocenters. The van der Waals surface area contributed by atoms with Crippen molar-refractivity contribution in [1.29, 1.82) is 0 Å². The van der Waals surface area contributed by atoms with Crippen molar-refractivity contribution >= 4 is 38.7 Å². The van der Waals surface area contributed by atoms with E-state index < -0.39 is 10.0 Å². The van der Waals surface area contributed by atoms with Crippen molar-refractivity contribution in [2.45, 2.75) is 34.6 Å². The highest BCUT2D eigenvalue weighted by atomic mass is 32.2. The SMILES string of the molecule is CC(=O)SC[C@@H](C)N(CCN1CC=CC1)S(=O)(=O)c1ccc(Sc2ccccc2)cc1. The van der Waals surface area contributed by atoms with Crippen molar-refractivity contribution < 1.29 is 13.2 Å². The smallest absolute Gasteiger partial charge is 0.243 e. The van der Waals surface area contributed by atoms with Crippen molar-refractivity contribution in [3.05, 3.63) is 66.7 Å². The summed E-state index contributed by atoms with van der Waals surface area (Å²) in [6.45, 7) is 6.11. The monoisotopic (exact) mass is 476 g/mol. The molecule has 0 saturated heterocycles. The molecule has 0 spiro atoms. The fraction of sp³-hybridized carbons (Fsp3) is 0.348. The van der Waals surface area contributed by atoms with E-state index in [0.717, 1.165) is 22.9 Å². The number of sulfonamides is 1. The van der Waals surface area contributed by atoms with E-state index in [1.165, 1.54) is 18.7 Å². The van der Waals surface area contributed by atoms with E-state index in [0.29, 0.717) is 18.8 Å². The highest BCUT2D eigenvalue weighted by molar-refractivity contribution is 8.13. The Morgan fingerprint density at radius 2 is 1.65 bits per heavy atom. The molecule has 0 aliphatic carbocycles. The van der Waals surface area contributed by atoms with Crippen molar-refractivity contribution in [3.63, 3.8) is 0 Å². The molecule has 166 valence electrons. The molecule has 0 fully saturated rings. The minimum Gasteiger partial charge on any atom is -0.295 e. The Morgan fingerprint density at radius 3 is 2.26 bits per heavy atom. The van der Waals surface area contributed by atoms with Gasteiger partial charge in [0.2, 0.25) is 10.0 Å². The molecule has 0 N–H and O–H groups in total. The van der Waals surface area contributed by atoms with Crippen molar-refractivity contribution in [2.24, 2.45) is 0 Å². The molecular formula is C23H28N2O3S3. The average Bonchev–Trinajstić information content (AvgIpc) is 3.27. The van der Waals surface area contributed by atoms with Crippen LogP contribution in [0.1, 0.15) is 13.8 Å². The molecule has 31 heavy (non-hydrogen) atoms. The van der Waals surface area contributed by atoms with Gasteiger partial charge in [-0.15, -0.1) is 0 Å². The van der Waals surface area contributed by atoms with Gasteiger partial charge in [0.25, 0.3) is 0 Å². The van der Waals surface area contributed by atoms with E-state index >= 15 is 0 Å². The number of benzene rings is 2. The first-order chi connectivity index (χ1) is 14.9. The number of carbonyl (C=O) groups is 1. The van der Waals surface area contributed by atoms with Crippen LogP contribution in [0.5, 0.6) is 0 Å². The minimum absolute atomic E-state index is 0.00442. The van der Waals surface area contributed by atoms with Gasteiger partial charge in [-0.2, -0.15) is 4.31 Å². The first-order valence-electron chi connectivity index (χ1n) is 10.2. The summed E-state index contributed by atoms with van der Waals surface area (Å²) in [4.78, 5) is 16.0. The Morgan fingerprint density at radius 1 is 1.03 bits per heavy atom. The zero-order chi connectivity index (χ0) is 22.3. The molecular weight excluding hydrogens is 448 g/mol. The first kappa shape index (κ1) is 24.1. The summed E-state index contributed by atoms with van der Waals surface area (Å²) in [5.41, 5.74) is 0. The largest absolute Gasteiger partial charge is 0.295 e. The number of hydrogen-bond acceptors (Lipinski definition) is 6. The lowest BCUT2D eigenvalue weighted by atomic mass is 10.4. The molecule has 0 aromatic heterocycles. The van der Waals surface area contributed by atoms with Crippen LogP contribution in [0.2, 0.25) is 0 Å². The molecule has 0 unspecified atom stereocenters. The highest BCUT2D eigenvalue weighted by Gasteiger charge is 2.29. The lowest BCUT2D eigenvalue weighted by molar-refractivity contribution is -0.109. The van der Waals surface area contributed by atoms with Crippen LogP contribution in [0.4, 0.5) is 0 Å². The maximum absolute atomic E-state index is 13.5. The van der Waals surface area contributed by atoms with Gasteiger partial charge in [0, 0.05) is 54.7 Å². The van der Waals surface area contributed by atoms with E-state index in [1.807, 2.05) is 49.4 Å². The maximum Gasteiger partial charge on any atom is 0.243 e. The zero-order valence-electron chi connectivity index (χ0n) is 17.8. The number of carbonyl (C=O) groups excluding carboxylic acids is 1. The lowest BCUT2D eigenvalue weighted by Crippen LogP contribution is -2.44. The van der Waals surface area contributed by atoms with Crippen LogP contribution in [-0.2, 0) is 14.8 Å². The fourth-order valence-electron chi connectivity index (χ4n) is 3.28. The Labute approximate surface area is 193 Å². The Hall–Kier alpha value is -1.58. The van der Waals surface area contributed by atoms with Crippen molar-refractivity contribution in [1.82, 2.24) is 9.21 Å². The topological polar surface area (TPSA) is 57.7 Å². The van der Waals surface area contributed by atoms with Crippen LogP contribution >= 0.6 is 23.5 Å². The standard InChI is InChI=1S/C23H28N2O3S3/c1-19(18-29-20(2)26)25(17-16-24-14-6-7-15-24)31(27,28)23-12-10-22(11-13-23)30-21-8-4-3-5-9-21/h3-13,19H,14-18H2,1-2H3/t19-/m1/s1. The van der Waals surface area contributed by atoms with Crippen molar-refractivity contribution in [3.8, 4) is 0 Å². The van der Waals surface area contributed by atoms with Gasteiger partial charge in [0.15, 0.2) is 5.12 Å². The Balaban J connectivity index is 1.75. The van der Waals surface area contributed by atoms with Gasteiger partial charge < -0.3 is 0 Å². The molecule has 3 rings (SSSR count). The summed E-state index contributed by atoms with van der Waals surface area (Å²) in [6.07, 6.45) is 4.19. The van der Waals surface area contributed by atoms with E-state index in [-0.39, 0.29) is 16.1 Å². The van der Waals surface area contributed by atoms with E-state index in [2.05, 4.69) is 17.1 Å². The van der Waals surface area contributed by atoms with Gasteiger partial charge in [-0.3, -0.25) is 9.69 Å². The third-order valence-electron chi connectivity index (χ3n) is 4.96. The summed E-state index contributed by atoms with van der Waals surface area (Å²) in [6, 6.07) is 16.8. The van der Waals surface area contributed by atoms with Gasteiger partial charge >= 0.3 is 0 Å². The first-order valence-corrected chi connectivity index (χ1v) is 13.5. The van der Waals surface area contributed by atoms with Crippen LogP contribution in [0.15, 0.2) is 81.4 Å². The van der Waals surface area contributed by atoms with Crippen LogP contribution in [-0.4, -0.2) is 60.7 Å². The van der Waals surface area contributed by atoms with Crippen LogP contribution in [0.3, 0.4) is 0 Å². The Kier molecular flexibility index (Phi) is 8.80. The summed E-state index contributed by atoms with van der Waals surface area (Å²) in [5.74, 6) is 0.439. The third kappa shape index (κ3) is 6.95. The van der Waals surface area contributed by atoms with E-state index in [9.17, 15) is 13.2 Å². The van der Waals surface area contributed by atoms with Crippen LogP contribution < -0.4 is 0 Å². The molecule has 0 radical (unpaired) electrons. The predicted octanol–water partition coefficient (Wildman–Crippen LogP) is 4.37. The quantitative estimate of drug-likeness (QED) is 0.475. The predicted molar refractivity (Wildman–Crippen MR) is 129 cm³/mol. The van der Waals surface area contributed by atoms with Gasteiger partial charge in [-0.05, 0) is 43.3 Å². The molecule has 0 saturated carbocycles. The number of nitrogens with zero attached hydrogens (tertiary/aromatic N) is 2. The van der Waals surface area contributed by atoms with Gasteiger partial charge in [0.1, 0.15) is 0 Å². The third-order valence-corrected chi connectivity index (χ3v) is 9.06. The molecule has 8 heteroatoms. The highest BCUT2D eigenvalue weighted by Crippen LogP contribution is 2.29. The molecule has 0 bridgehead atoms. The minimum atomic E-state index is -3.68. The molecule has 0 amide bonds. The molecule has 5 nitrogen and oxygen atoms in total. The number of thioether (sulfide) groups is 1. The normalized spacial score (nSPS) is 15.5. The second-order valence-corrected chi connectivity index (χ2v) is 11.6. The van der Waals surface area contributed by atoms with Gasteiger partial charge in [-0.1, -0.05) is 53.9 Å². The number of rotatable bonds is 10. The molecule has 2 aromatic rings.